The van der Waals surface area contributed by atoms with E-state index in [2.05, 4.69) is 14.4 Å². The molecule has 76 valence electrons. The van der Waals surface area contributed by atoms with Gasteiger partial charge >= 0.3 is 5.97 Å². The number of hydrogen-bond donors (Lipinski definition) is 1. The Bertz CT molecular complexity index is 346. The van der Waals surface area contributed by atoms with Crippen LogP contribution in [0.15, 0.2) is 16.9 Å². The van der Waals surface area contributed by atoms with E-state index in [0.29, 0.717) is 0 Å². The minimum atomic E-state index is -1.60. The standard InChI is InChI=1S/C8H10N2O4/c1-8(6(9)11,7(12)13-2)5-3-4-14-10-5/h3-4H,1-2H3,(H2,9,11). The quantitative estimate of drug-likeness (QED) is 0.526. The Hall–Kier alpha value is -1.85. The molecule has 1 rings (SSSR count). The maximum absolute atomic E-state index is 11.4. The molecule has 0 fully saturated rings. The van der Waals surface area contributed by atoms with E-state index in [1.165, 1.54) is 26.4 Å². The van der Waals surface area contributed by atoms with Gasteiger partial charge in [-0.2, -0.15) is 0 Å². The van der Waals surface area contributed by atoms with Gasteiger partial charge in [0.1, 0.15) is 12.0 Å². The molecule has 0 bridgehead atoms. The van der Waals surface area contributed by atoms with Crippen LogP contribution < -0.4 is 5.73 Å². The lowest BCUT2D eigenvalue weighted by atomic mass is 9.86. The summed E-state index contributed by atoms with van der Waals surface area (Å²) in [6.07, 6.45) is 1.25. The number of aromatic nitrogens is 1. The second-order valence-electron chi connectivity index (χ2n) is 2.87. The molecule has 1 heterocycles. The summed E-state index contributed by atoms with van der Waals surface area (Å²) >= 11 is 0. The van der Waals surface area contributed by atoms with Crippen molar-refractivity contribution in [1.29, 1.82) is 0 Å². The fourth-order valence-corrected chi connectivity index (χ4v) is 1.01. The SMILES string of the molecule is COC(=O)C(C)(C(N)=O)c1ccon1. The molecule has 0 aromatic carbocycles. The Morgan fingerprint density at radius 3 is 2.64 bits per heavy atom. The maximum Gasteiger partial charge on any atom is 0.327 e. The van der Waals surface area contributed by atoms with Crippen molar-refractivity contribution in [3.8, 4) is 0 Å². The predicted octanol–water partition coefficient (Wildman–Crippen LogP) is -0.409. The number of primary amides is 1. The highest BCUT2D eigenvalue weighted by atomic mass is 16.5. The van der Waals surface area contributed by atoms with Crippen LogP contribution in [0.3, 0.4) is 0 Å². The molecule has 1 atom stereocenters. The van der Waals surface area contributed by atoms with Crippen LogP contribution in [0.2, 0.25) is 0 Å². The zero-order chi connectivity index (χ0) is 10.8. The highest BCUT2D eigenvalue weighted by Gasteiger charge is 2.45. The van der Waals surface area contributed by atoms with Gasteiger partial charge in [-0.15, -0.1) is 0 Å². The fourth-order valence-electron chi connectivity index (χ4n) is 1.01. The molecule has 0 spiro atoms. The molecular formula is C8H10N2O4. The number of esters is 1. The number of rotatable bonds is 3. The van der Waals surface area contributed by atoms with E-state index in [1.54, 1.807) is 0 Å². The summed E-state index contributed by atoms with van der Waals surface area (Å²) in [4.78, 5) is 22.5. The first-order chi connectivity index (χ1) is 6.53. The fraction of sp³-hybridized carbons (Fsp3) is 0.375. The lowest BCUT2D eigenvalue weighted by molar-refractivity contribution is -0.151. The summed E-state index contributed by atoms with van der Waals surface area (Å²) in [6, 6.07) is 1.39. The lowest BCUT2D eigenvalue weighted by Gasteiger charge is -2.19. The average molecular weight is 198 g/mol. The molecule has 14 heavy (non-hydrogen) atoms. The van der Waals surface area contributed by atoms with Crippen molar-refractivity contribution in [3.63, 3.8) is 0 Å². The third-order valence-corrected chi connectivity index (χ3v) is 2.04. The third-order valence-electron chi connectivity index (χ3n) is 2.04. The van der Waals surface area contributed by atoms with Crippen LogP contribution in [0.25, 0.3) is 0 Å². The van der Waals surface area contributed by atoms with E-state index in [0.717, 1.165) is 0 Å². The predicted molar refractivity (Wildman–Crippen MR) is 45.1 cm³/mol. The molecule has 1 amide bonds. The molecule has 0 aliphatic rings. The van der Waals surface area contributed by atoms with Crippen LogP contribution in [0.5, 0.6) is 0 Å². The molecule has 6 nitrogen and oxygen atoms in total. The van der Waals surface area contributed by atoms with Crippen molar-refractivity contribution >= 4 is 11.9 Å². The largest absolute Gasteiger partial charge is 0.468 e. The summed E-state index contributed by atoms with van der Waals surface area (Å²) in [5.74, 6) is -1.60. The van der Waals surface area contributed by atoms with Crippen molar-refractivity contribution in [1.82, 2.24) is 5.16 Å². The molecule has 0 aliphatic carbocycles. The second kappa shape index (κ2) is 3.49. The van der Waals surface area contributed by atoms with Crippen molar-refractivity contribution in [2.45, 2.75) is 12.3 Å². The van der Waals surface area contributed by atoms with Crippen LogP contribution in [-0.4, -0.2) is 24.1 Å². The molecule has 1 unspecified atom stereocenters. The van der Waals surface area contributed by atoms with E-state index in [4.69, 9.17) is 5.73 Å². The van der Waals surface area contributed by atoms with Gasteiger partial charge in [-0.1, -0.05) is 5.16 Å². The van der Waals surface area contributed by atoms with Crippen LogP contribution >= 0.6 is 0 Å². The Labute approximate surface area is 80.0 Å². The van der Waals surface area contributed by atoms with E-state index in [-0.39, 0.29) is 5.69 Å². The zero-order valence-corrected chi connectivity index (χ0v) is 7.81. The molecule has 6 heteroatoms. The van der Waals surface area contributed by atoms with Crippen LogP contribution in [-0.2, 0) is 19.7 Å². The minimum absolute atomic E-state index is 0.136. The first-order valence-electron chi connectivity index (χ1n) is 3.82. The van der Waals surface area contributed by atoms with Crippen molar-refractivity contribution < 1.29 is 18.8 Å². The number of methoxy groups -OCH3 is 1. The molecule has 0 saturated carbocycles. The third kappa shape index (κ3) is 1.34. The van der Waals surface area contributed by atoms with E-state index in [9.17, 15) is 9.59 Å². The van der Waals surface area contributed by atoms with Gasteiger partial charge in [0.05, 0.1) is 7.11 Å². The van der Waals surface area contributed by atoms with Gasteiger partial charge in [0.25, 0.3) is 0 Å². The van der Waals surface area contributed by atoms with Crippen LogP contribution in [0.4, 0.5) is 0 Å². The Kier molecular flexibility index (Phi) is 2.55. The Morgan fingerprint density at radius 2 is 2.29 bits per heavy atom. The lowest BCUT2D eigenvalue weighted by Crippen LogP contribution is -2.46. The van der Waals surface area contributed by atoms with Gasteiger partial charge in [0.2, 0.25) is 5.91 Å². The first-order valence-corrected chi connectivity index (χ1v) is 3.82. The smallest absolute Gasteiger partial charge is 0.327 e. The number of amides is 1. The van der Waals surface area contributed by atoms with Crippen LogP contribution in [0, 0.1) is 0 Å². The van der Waals surface area contributed by atoms with Gasteiger partial charge in [-0.3, -0.25) is 9.59 Å². The molecule has 0 aliphatic heterocycles. The van der Waals surface area contributed by atoms with Gasteiger partial charge in [0.15, 0.2) is 5.41 Å². The average Bonchev–Trinajstić information content (AvgIpc) is 2.68. The number of ether oxygens (including phenoxy) is 1. The summed E-state index contributed by atoms with van der Waals surface area (Å²) in [5, 5.41) is 3.50. The van der Waals surface area contributed by atoms with Gasteiger partial charge in [-0.25, -0.2) is 0 Å². The molecule has 1 aromatic rings. The second-order valence-corrected chi connectivity index (χ2v) is 2.87. The Balaban J connectivity index is 3.19. The number of nitrogens with zero attached hydrogens (tertiary/aromatic N) is 1. The van der Waals surface area contributed by atoms with Crippen molar-refractivity contribution in [2.24, 2.45) is 5.73 Å². The molecule has 0 radical (unpaired) electrons. The van der Waals surface area contributed by atoms with Gasteiger partial charge in [0, 0.05) is 6.07 Å². The summed E-state index contributed by atoms with van der Waals surface area (Å²) < 4.78 is 9.02. The van der Waals surface area contributed by atoms with Gasteiger partial charge in [-0.05, 0) is 6.92 Å². The highest BCUT2D eigenvalue weighted by Crippen LogP contribution is 2.23. The van der Waals surface area contributed by atoms with Gasteiger partial charge < -0.3 is 15.0 Å². The van der Waals surface area contributed by atoms with Crippen LogP contribution in [0.1, 0.15) is 12.6 Å². The minimum Gasteiger partial charge on any atom is -0.468 e. The normalized spacial score (nSPS) is 14.4. The Morgan fingerprint density at radius 1 is 1.64 bits per heavy atom. The topological polar surface area (TPSA) is 95.4 Å². The molecule has 2 N–H and O–H groups in total. The van der Waals surface area contributed by atoms with E-state index >= 15 is 0 Å². The molecular weight excluding hydrogens is 188 g/mol. The van der Waals surface area contributed by atoms with E-state index < -0.39 is 17.3 Å². The van der Waals surface area contributed by atoms with E-state index in [1.807, 2.05) is 0 Å². The maximum atomic E-state index is 11.4. The number of hydrogen-bond acceptors (Lipinski definition) is 5. The number of nitrogens with two attached hydrogens (primary N) is 1. The summed E-state index contributed by atoms with van der Waals surface area (Å²) in [5.41, 5.74) is 3.66. The summed E-state index contributed by atoms with van der Waals surface area (Å²) in [6.45, 7) is 1.33. The molecule has 0 saturated heterocycles. The van der Waals surface area contributed by atoms with Crippen molar-refractivity contribution in [2.75, 3.05) is 7.11 Å². The van der Waals surface area contributed by atoms with Crippen molar-refractivity contribution in [3.05, 3.63) is 18.0 Å². The summed E-state index contributed by atoms with van der Waals surface area (Å²) in [7, 11) is 1.17. The highest BCUT2D eigenvalue weighted by molar-refractivity contribution is 6.07. The monoisotopic (exact) mass is 198 g/mol. The number of carbonyl (C=O) groups excluding carboxylic acids is 2. The number of carbonyl (C=O) groups is 2. The zero-order valence-electron chi connectivity index (χ0n) is 7.81. The molecule has 1 aromatic heterocycles. The first kappa shape index (κ1) is 10.2.